The van der Waals surface area contributed by atoms with Gasteiger partial charge < -0.3 is 9.22 Å². The zero-order valence-electron chi connectivity index (χ0n) is 12.3. The van der Waals surface area contributed by atoms with Crippen molar-refractivity contribution in [2.45, 2.75) is 19.8 Å². The van der Waals surface area contributed by atoms with Gasteiger partial charge in [0.05, 0.1) is 32.8 Å². The van der Waals surface area contributed by atoms with Gasteiger partial charge in [0.2, 0.25) is 0 Å². The molecule has 0 N–H and O–H groups in total. The molecule has 2 aliphatic heterocycles. The largest absolute Gasteiger partial charge is 0.466 e. The van der Waals surface area contributed by atoms with Gasteiger partial charge >= 0.3 is 5.97 Å². The number of carbonyl (C=O) groups excluding carboxylic acids is 1. The number of piperidine rings is 1. The molecule has 2 aliphatic rings. The Bertz CT molecular complexity index is 473. The number of rotatable bonds is 5. The SMILES string of the molecule is CCOC(=O)[C@@H]1C[N@@+]2(CCc3ccccc3)CC[C@H]1C2. The Kier molecular flexibility index (Phi) is 3.79. The highest BCUT2D eigenvalue weighted by atomic mass is 16.5. The van der Waals surface area contributed by atoms with E-state index in [0.717, 1.165) is 24.0 Å². The van der Waals surface area contributed by atoms with Gasteiger partial charge in [-0.05, 0) is 12.5 Å². The van der Waals surface area contributed by atoms with E-state index in [9.17, 15) is 4.79 Å². The molecule has 1 aromatic rings. The quantitative estimate of drug-likeness (QED) is 0.608. The highest BCUT2D eigenvalue weighted by Gasteiger charge is 2.53. The van der Waals surface area contributed by atoms with E-state index < -0.39 is 0 Å². The Morgan fingerprint density at radius 1 is 1.30 bits per heavy atom. The number of hydrogen-bond acceptors (Lipinski definition) is 2. The fourth-order valence-corrected chi connectivity index (χ4v) is 4.00. The smallest absolute Gasteiger partial charge is 0.315 e. The van der Waals surface area contributed by atoms with E-state index in [2.05, 4.69) is 30.3 Å². The Morgan fingerprint density at radius 3 is 2.85 bits per heavy atom. The van der Waals surface area contributed by atoms with Gasteiger partial charge in [-0.1, -0.05) is 30.3 Å². The van der Waals surface area contributed by atoms with Crippen LogP contribution in [-0.2, 0) is 16.0 Å². The summed E-state index contributed by atoms with van der Waals surface area (Å²) in [5, 5.41) is 0. The van der Waals surface area contributed by atoms with Crippen molar-refractivity contribution in [3.63, 3.8) is 0 Å². The molecular weight excluding hydrogens is 250 g/mol. The maximum atomic E-state index is 12.0. The number of nitrogens with zero attached hydrogens (tertiary/aromatic N) is 1. The molecule has 0 unspecified atom stereocenters. The van der Waals surface area contributed by atoms with Crippen LogP contribution in [0.5, 0.6) is 0 Å². The van der Waals surface area contributed by atoms with E-state index in [0.29, 0.717) is 12.5 Å². The highest BCUT2D eigenvalue weighted by Crippen LogP contribution is 2.40. The van der Waals surface area contributed by atoms with E-state index >= 15 is 0 Å². The average Bonchev–Trinajstić information content (AvgIpc) is 3.05. The first-order valence-electron chi connectivity index (χ1n) is 7.78. The molecule has 0 radical (unpaired) electrons. The third-order valence-corrected chi connectivity index (χ3v) is 5.06. The van der Waals surface area contributed by atoms with Crippen LogP contribution in [0, 0.1) is 11.8 Å². The predicted molar refractivity (Wildman–Crippen MR) is 78.1 cm³/mol. The van der Waals surface area contributed by atoms with Crippen LogP contribution < -0.4 is 0 Å². The lowest BCUT2D eigenvalue weighted by molar-refractivity contribution is -0.910. The molecule has 0 amide bonds. The summed E-state index contributed by atoms with van der Waals surface area (Å²) >= 11 is 0. The van der Waals surface area contributed by atoms with Gasteiger partial charge in [-0.25, -0.2) is 0 Å². The van der Waals surface area contributed by atoms with Gasteiger partial charge in [0.15, 0.2) is 0 Å². The molecule has 3 atom stereocenters. The van der Waals surface area contributed by atoms with Crippen molar-refractivity contribution in [3.05, 3.63) is 35.9 Å². The molecule has 3 heteroatoms. The van der Waals surface area contributed by atoms with Crippen LogP contribution in [0.2, 0.25) is 0 Å². The van der Waals surface area contributed by atoms with Gasteiger partial charge in [-0.2, -0.15) is 0 Å². The maximum absolute atomic E-state index is 12.0. The second-order valence-electron chi connectivity index (χ2n) is 6.30. The molecule has 0 aliphatic carbocycles. The second kappa shape index (κ2) is 5.57. The number of quaternary nitrogens is 1. The van der Waals surface area contributed by atoms with E-state index in [1.807, 2.05) is 6.92 Å². The average molecular weight is 274 g/mol. The molecular formula is C17H24NO2+. The Morgan fingerprint density at radius 2 is 2.10 bits per heavy atom. The van der Waals surface area contributed by atoms with Gasteiger partial charge in [0.1, 0.15) is 5.92 Å². The normalized spacial score (nSPS) is 31.4. The monoisotopic (exact) mass is 274 g/mol. The van der Waals surface area contributed by atoms with Crippen LogP contribution >= 0.6 is 0 Å². The van der Waals surface area contributed by atoms with Gasteiger partial charge in [-0.15, -0.1) is 0 Å². The molecule has 0 spiro atoms. The summed E-state index contributed by atoms with van der Waals surface area (Å²) in [6, 6.07) is 10.7. The lowest BCUT2D eigenvalue weighted by atomic mass is 9.92. The van der Waals surface area contributed by atoms with Crippen LogP contribution in [0.25, 0.3) is 0 Å². The van der Waals surface area contributed by atoms with Crippen LogP contribution in [0.4, 0.5) is 0 Å². The summed E-state index contributed by atoms with van der Waals surface area (Å²) in [5.41, 5.74) is 1.41. The van der Waals surface area contributed by atoms with Crippen LogP contribution in [0.1, 0.15) is 18.9 Å². The Labute approximate surface area is 121 Å². The molecule has 2 heterocycles. The van der Waals surface area contributed by atoms with E-state index in [1.165, 1.54) is 25.1 Å². The minimum atomic E-state index is 0.0388. The summed E-state index contributed by atoms with van der Waals surface area (Å²) in [6.45, 7) is 6.98. The topological polar surface area (TPSA) is 26.3 Å². The van der Waals surface area contributed by atoms with Crippen LogP contribution in [0.15, 0.2) is 30.3 Å². The molecule has 1 aromatic carbocycles. The zero-order valence-corrected chi connectivity index (χ0v) is 12.3. The summed E-state index contributed by atoms with van der Waals surface area (Å²) in [5.74, 6) is 0.751. The summed E-state index contributed by atoms with van der Waals surface area (Å²) in [7, 11) is 0. The number of hydrogen-bond donors (Lipinski definition) is 0. The lowest BCUT2D eigenvalue weighted by Gasteiger charge is -2.33. The second-order valence-corrected chi connectivity index (χ2v) is 6.30. The van der Waals surface area contributed by atoms with Crippen molar-refractivity contribution in [1.29, 1.82) is 0 Å². The van der Waals surface area contributed by atoms with Crippen molar-refractivity contribution in [2.75, 3.05) is 32.8 Å². The zero-order chi connectivity index (χ0) is 14.0. The van der Waals surface area contributed by atoms with Crippen molar-refractivity contribution in [3.8, 4) is 0 Å². The van der Waals surface area contributed by atoms with E-state index in [4.69, 9.17) is 4.74 Å². The third kappa shape index (κ3) is 2.59. The Balaban J connectivity index is 1.61. The standard InChI is InChI=1S/C17H24NO2/c1-2-20-17(19)16-13-18(11-9-15(16)12-18)10-8-14-6-4-3-5-7-14/h3-7,15-16H,2,8-13H2,1H3/q+1/t15-,16+,18-/m0/s1. The van der Waals surface area contributed by atoms with Crippen molar-refractivity contribution in [1.82, 2.24) is 0 Å². The lowest BCUT2D eigenvalue weighted by Crippen LogP contribution is -2.47. The van der Waals surface area contributed by atoms with Gasteiger partial charge in [-0.3, -0.25) is 4.79 Å². The van der Waals surface area contributed by atoms with Crippen molar-refractivity contribution >= 4 is 5.97 Å². The fraction of sp³-hybridized carbons (Fsp3) is 0.588. The number of benzene rings is 1. The van der Waals surface area contributed by atoms with E-state index in [1.54, 1.807) is 0 Å². The molecule has 2 saturated heterocycles. The van der Waals surface area contributed by atoms with Crippen LogP contribution in [0.3, 0.4) is 0 Å². The maximum Gasteiger partial charge on any atom is 0.315 e. The van der Waals surface area contributed by atoms with Crippen molar-refractivity contribution < 1.29 is 14.0 Å². The predicted octanol–water partition coefficient (Wildman–Crippen LogP) is 2.26. The van der Waals surface area contributed by atoms with Crippen molar-refractivity contribution in [2.24, 2.45) is 11.8 Å². The first kappa shape index (κ1) is 13.6. The molecule has 2 fully saturated rings. The number of ether oxygens (including phenoxy) is 1. The van der Waals surface area contributed by atoms with Gasteiger partial charge in [0.25, 0.3) is 0 Å². The molecule has 0 saturated carbocycles. The highest BCUT2D eigenvalue weighted by molar-refractivity contribution is 5.73. The summed E-state index contributed by atoms with van der Waals surface area (Å²) in [4.78, 5) is 12.0. The molecule has 2 bridgehead atoms. The number of esters is 1. The van der Waals surface area contributed by atoms with Gasteiger partial charge in [0, 0.05) is 18.8 Å². The minimum absolute atomic E-state index is 0.0388. The fourth-order valence-electron chi connectivity index (χ4n) is 4.00. The molecule has 3 rings (SSSR count). The van der Waals surface area contributed by atoms with Crippen LogP contribution in [-0.4, -0.2) is 43.2 Å². The Hall–Kier alpha value is -1.35. The summed E-state index contributed by atoms with van der Waals surface area (Å²) in [6.07, 6.45) is 2.31. The number of fused-ring (bicyclic) bond motifs is 2. The molecule has 3 nitrogen and oxygen atoms in total. The number of carbonyl (C=O) groups is 1. The van der Waals surface area contributed by atoms with E-state index in [-0.39, 0.29) is 11.9 Å². The minimum Gasteiger partial charge on any atom is -0.466 e. The summed E-state index contributed by atoms with van der Waals surface area (Å²) < 4.78 is 6.37. The molecule has 20 heavy (non-hydrogen) atoms. The molecule has 0 aromatic heterocycles. The third-order valence-electron chi connectivity index (χ3n) is 5.06. The first-order chi connectivity index (χ1) is 9.72. The molecule has 108 valence electrons. The first-order valence-corrected chi connectivity index (χ1v) is 7.78.